The summed E-state index contributed by atoms with van der Waals surface area (Å²) in [5.41, 5.74) is 9.03. The van der Waals surface area contributed by atoms with Crippen LogP contribution in [0.25, 0.3) is 11.5 Å². The number of nitrogens with one attached hydrogen (secondary N) is 1. The number of primary amides is 1. The Morgan fingerprint density at radius 2 is 2.07 bits per heavy atom. The third-order valence-electron chi connectivity index (χ3n) is 6.52. The zero-order valence-electron chi connectivity index (χ0n) is 17.2. The summed E-state index contributed by atoms with van der Waals surface area (Å²) < 4.78 is 5.67. The molecule has 4 N–H and O–H groups in total. The highest BCUT2D eigenvalue weighted by Gasteiger charge is 2.33. The molecule has 2 aromatic heterocycles. The van der Waals surface area contributed by atoms with E-state index in [9.17, 15) is 9.90 Å². The lowest BCUT2D eigenvalue weighted by molar-refractivity contribution is -0.114. The molecule has 1 amide bonds. The quantitative estimate of drug-likeness (QED) is 0.602. The van der Waals surface area contributed by atoms with E-state index in [2.05, 4.69) is 22.4 Å². The van der Waals surface area contributed by atoms with Crippen LogP contribution in [-0.4, -0.2) is 27.4 Å². The Hall–Kier alpha value is -2.19. The van der Waals surface area contributed by atoms with Gasteiger partial charge in [-0.15, -0.1) is 11.3 Å². The fourth-order valence-electron chi connectivity index (χ4n) is 4.65. The number of aliphatic hydroxyl groups is 1. The third kappa shape index (κ3) is 3.67. The second-order valence-corrected chi connectivity index (χ2v) is 10.0. The average molecular weight is 429 g/mol. The van der Waals surface area contributed by atoms with Gasteiger partial charge in [0.2, 0.25) is 5.91 Å². The van der Waals surface area contributed by atoms with E-state index in [0.29, 0.717) is 41.7 Å². The smallest absolute Gasteiger partial charge is 0.261 e. The van der Waals surface area contributed by atoms with E-state index in [-0.39, 0.29) is 0 Å². The van der Waals surface area contributed by atoms with Crippen LogP contribution in [0, 0.1) is 5.92 Å². The lowest BCUT2D eigenvalue weighted by Crippen LogP contribution is -2.28. The zero-order valence-corrected chi connectivity index (χ0v) is 18.1. The summed E-state index contributed by atoms with van der Waals surface area (Å²) in [7, 11) is 0. The Kier molecular flexibility index (Phi) is 5.14. The van der Waals surface area contributed by atoms with Crippen LogP contribution in [-0.2, 0) is 17.6 Å². The molecule has 3 aliphatic carbocycles. The first kappa shape index (κ1) is 19.8. The number of nitrogens with zero attached hydrogens (tertiary/aromatic N) is 2. The highest BCUT2D eigenvalue weighted by molar-refractivity contribution is 7.17. The van der Waals surface area contributed by atoms with Gasteiger partial charge in [-0.3, -0.25) is 4.79 Å². The van der Waals surface area contributed by atoms with Gasteiger partial charge in [0.1, 0.15) is 11.2 Å². The van der Waals surface area contributed by atoms with Crippen molar-refractivity contribution in [3.05, 3.63) is 27.4 Å². The molecule has 2 aromatic rings. The molecule has 0 radical (unpaired) electrons. The standard InChI is InChI=1S/C22H28N4O3S/c1-11-6-9-15-16(10-11)30-22(17(15)21-24-19(26-29-21)12-7-8-12)25-20(28)14-5-3-2-4-13(14)18(23)27/h11-12,20,25,28H,2-10H2,1H3,(H2,23,27). The van der Waals surface area contributed by atoms with E-state index >= 15 is 0 Å². The van der Waals surface area contributed by atoms with Crippen molar-refractivity contribution in [2.45, 2.75) is 76.9 Å². The van der Waals surface area contributed by atoms with Crippen LogP contribution in [0.5, 0.6) is 0 Å². The maximum atomic E-state index is 11.9. The van der Waals surface area contributed by atoms with Crippen molar-refractivity contribution in [3.8, 4) is 11.5 Å². The Morgan fingerprint density at radius 3 is 2.83 bits per heavy atom. The molecular formula is C22H28N4O3S. The number of nitrogens with two attached hydrogens (primary N) is 1. The van der Waals surface area contributed by atoms with Gasteiger partial charge in [0.05, 0.1) is 5.56 Å². The molecule has 0 bridgehead atoms. The number of carbonyl (C=O) groups excluding carboxylic acids is 1. The molecular weight excluding hydrogens is 400 g/mol. The number of carbonyl (C=O) groups is 1. The molecule has 0 aliphatic heterocycles. The van der Waals surface area contributed by atoms with Crippen LogP contribution >= 0.6 is 11.3 Å². The van der Waals surface area contributed by atoms with Crippen LogP contribution in [0.1, 0.15) is 74.1 Å². The lowest BCUT2D eigenvalue weighted by atomic mass is 9.88. The predicted octanol–water partition coefficient (Wildman–Crippen LogP) is 3.89. The molecule has 2 unspecified atom stereocenters. The van der Waals surface area contributed by atoms with Gasteiger partial charge >= 0.3 is 0 Å². The molecule has 1 saturated carbocycles. The summed E-state index contributed by atoms with van der Waals surface area (Å²) in [5.74, 6) is 1.94. The van der Waals surface area contributed by atoms with E-state index in [4.69, 9.17) is 10.3 Å². The maximum absolute atomic E-state index is 11.9. The lowest BCUT2D eigenvalue weighted by Gasteiger charge is -2.24. The number of aliphatic hydroxyl groups excluding tert-OH is 1. The Balaban J connectivity index is 1.51. The van der Waals surface area contributed by atoms with Crippen molar-refractivity contribution in [2.75, 3.05) is 5.32 Å². The molecule has 8 heteroatoms. The monoisotopic (exact) mass is 428 g/mol. The minimum Gasteiger partial charge on any atom is -0.370 e. The summed E-state index contributed by atoms with van der Waals surface area (Å²) in [6.07, 6.45) is 7.58. The van der Waals surface area contributed by atoms with E-state index in [1.54, 1.807) is 11.3 Å². The summed E-state index contributed by atoms with van der Waals surface area (Å²) in [6, 6.07) is 0. The first-order valence-corrected chi connectivity index (χ1v) is 11.8. The minimum atomic E-state index is -0.949. The van der Waals surface area contributed by atoms with Crippen molar-refractivity contribution in [3.63, 3.8) is 0 Å². The van der Waals surface area contributed by atoms with Gasteiger partial charge in [0.25, 0.3) is 5.89 Å². The van der Waals surface area contributed by atoms with E-state index in [1.165, 1.54) is 10.4 Å². The van der Waals surface area contributed by atoms with E-state index < -0.39 is 12.1 Å². The molecule has 1 fully saturated rings. The van der Waals surface area contributed by atoms with Gasteiger partial charge in [0, 0.05) is 16.4 Å². The fraction of sp³-hybridized carbons (Fsp3) is 0.591. The van der Waals surface area contributed by atoms with Crippen LogP contribution in [0.2, 0.25) is 0 Å². The van der Waals surface area contributed by atoms with Gasteiger partial charge in [0.15, 0.2) is 5.82 Å². The molecule has 160 valence electrons. The summed E-state index contributed by atoms with van der Waals surface area (Å²) in [4.78, 5) is 17.9. The zero-order chi connectivity index (χ0) is 20.8. The highest BCUT2D eigenvalue weighted by Crippen LogP contribution is 2.46. The first-order valence-electron chi connectivity index (χ1n) is 11.0. The Labute approximate surface area is 179 Å². The van der Waals surface area contributed by atoms with Crippen LogP contribution in [0.4, 0.5) is 5.00 Å². The van der Waals surface area contributed by atoms with Crippen LogP contribution in [0.3, 0.4) is 0 Å². The second-order valence-electron chi connectivity index (χ2n) is 8.91. The first-order chi connectivity index (χ1) is 14.5. The molecule has 2 heterocycles. The van der Waals surface area contributed by atoms with E-state index in [0.717, 1.165) is 61.3 Å². The van der Waals surface area contributed by atoms with Crippen molar-refractivity contribution in [1.29, 1.82) is 0 Å². The second kappa shape index (κ2) is 7.81. The van der Waals surface area contributed by atoms with Gasteiger partial charge in [-0.05, 0) is 74.8 Å². The van der Waals surface area contributed by atoms with Gasteiger partial charge in [-0.1, -0.05) is 12.1 Å². The SMILES string of the molecule is CC1CCc2c(sc(NC(O)C3=C(C(N)=O)CCCC3)c2-c2nc(C3CC3)no2)C1. The highest BCUT2D eigenvalue weighted by atomic mass is 32.1. The largest absolute Gasteiger partial charge is 0.370 e. The molecule has 7 nitrogen and oxygen atoms in total. The number of amides is 1. The molecule has 5 rings (SSSR count). The third-order valence-corrected chi connectivity index (χ3v) is 7.70. The number of thiophene rings is 1. The minimum absolute atomic E-state index is 0.421. The molecule has 0 saturated heterocycles. The molecule has 0 aromatic carbocycles. The van der Waals surface area contributed by atoms with Crippen molar-refractivity contribution in [1.82, 2.24) is 10.1 Å². The molecule has 0 spiro atoms. The number of anilines is 1. The number of fused-ring (bicyclic) bond motifs is 1. The number of rotatable bonds is 6. The van der Waals surface area contributed by atoms with Gasteiger partial charge < -0.3 is 20.7 Å². The van der Waals surface area contributed by atoms with E-state index in [1.807, 2.05) is 0 Å². The summed E-state index contributed by atoms with van der Waals surface area (Å²) in [6.45, 7) is 2.27. The fourth-order valence-corrected chi connectivity index (χ4v) is 6.07. The maximum Gasteiger partial charge on any atom is 0.261 e. The topological polar surface area (TPSA) is 114 Å². The number of hydrogen-bond donors (Lipinski definition) is 3. The number of aromatic nitrogens is 2. The van der Waals surface area contributed by atoms with Crippen molar-refractivity contribution >= 4 is 22.2 Å². The van der Waals surface area contributed by atoms with Gasteiger partial charge in [-0.2, -0.15) is 4.98 Å². The Morgan fingerprint density at radius 1 is 1.27 bits per heavy atom. The Bertz CT molecular complexity index is 1000. The summed E-state index contributed by atoms with van der Waals surface area (Å²) >= 11 is 1.66. The average Bonchev–Trinajstić information content (AvgIpc) is 3.36. The van der Waals surface area contributed by atoms with Gasteiger partial charge in [-0.25, -0.2) is 0 Å². The van der Waals surface area contributed by atoms with Crippen LogP contribution < -0.4 is 11.1 Å². The van der Waals surface area contributed by atoms with Crippen molar-refractivity contribution < 1.29 is 14.4 Å². The van der Waals surface area contributed by atoms with Crippen LogP contribution in [0.15, 0.2) is 15.7 Å². The predicted molar refractivity (Wildman–Crippen MR) is 115 cm³/mol. The number of hydrogen-bond acceptors (Lipinski definition) is 7. The summed E-state index contributed by atoms with van der Waals surface area (Å²) in [5, 5.41) is 19.3. The molecule has 2 atom stereocenters. The normalized spacial score (nSPS) is 22.7. The molecule has 3 aliphatic rings. The molecule has 30 heavy (non-hydrogen) atoms. The van der Waals surface area contributed by atoms with Crippen molar-refractivity contribution in [2.24, 2.45) is 11.7 Å².